The van der Waals surface area contributed by atoms with Gasteiger partial charge in [0.05, 0.1) is 12.1 Å². The molecule has 0 atom stereocenters. The Morgan fingerprint density at radius 2 is 1.66 bits per heavy atom. The van der Waals surface area contributed by atoms with E-state index in [1.54, 1.807) is 18.2 Å². The van der Waals surface area contributed by atoms with Crippen molar-refractivity contribution >= 4 is 34.5 Å². The van der Waals surface area contributed by atoms with Crippen LogP contribution in [0.2, 0.25) is 0 Å². The number of rotatable bonds is 10. The van der Waals surface area contributed by atoms with Crippen LogP contribution in [0.4, 0.5) is 15.8 Å². The molecule has 4 N–H and O–H groups in total. The van der Waals surface area contributed by atoms with Crippen LogP contribution in [0, 0.1) is 5.82 Å². The van der Waals surface area contributed by atoms with Gasteiger partial charge in [0.2, 0.25) is 5.91 Å². The van der Waals surface area contributed by atoms with Gasteiger partial charge in [0, 0.05) is 61.9 Å². The number of amides is 2. The Bertz CT molecular complexity index is 1470. The lowest BCUT2D eigenvalue weighted by molar-refractivity contribution is -0.115. The van der Waals surface area contributed by atoms with E-state index in [0.29, 0.717) is 49.7 Å². The summed E-state index contributed by atoms with van der Waals surface area (Å²) in [5.74, 6) is -0.555. The molecule has 1 aliphatic heterocycles. The van der Waals surface area contributed by atoms with Gasteiger partial charge in [0.25, 0.3) is 5.91 Å². The van der Waals surface area contributed by atoms with Gasteiger partial charge in [-0.05, 0) is 52.4 Å². The molecule has 5 rings (SSSR count). The SMILES string of the molecule is NCc1ccc(CNC(=O)c2ccc(CN3CCN(c4ccccc4F)CC3)c(NC(=O)Cc3cccs3)c2)cc1. The Morgan fingerprint density at radius 3 is 2.37 bits per heavy atom. The molecule has 3 aromatic carbocycles. The number of carbonyl (C=O) groups is 2. The summed E-state index contributed by atoms with van der Waals surface area (Å²) >= 11 is 1.54. The monoisotopic (exact) mass is 571 g/mol. The van der Waals surface area contributed by atoms with Crippen LogP contribution in [-0.4, -0.2) is 42.9 Å². The average Bonchev–Trinajstić information content (AvgIpc) is 3.50. The maximum Gasteiger partial charge on any atom is 0.251 e. The van der Waals surface area contributed by atoms with Gasteiger partial charge in [0.15, 0.2) is 0 Å². The standard InChI is InChI=1S/C32H34FN5O2S/c33-28-5-1-2-6-30(28)38-15-13-37(14-16-38)22-26-12-11-25(18-29(26)36-31(39)19-27-4-3-17-41-27)32(40)35-21-24-9-7-23(20-34)8-10-24/h1-12,17-18H,13-16,19-22,34H2,(H,35,40)(H,36,39). The second kappa shape index (κ2) is 13.5. The van der Waals surface area contributed by atoms with E-state index in [-0.39, 0.29) is 24.1 Å². The number of thiophene rings is 1. The minimum absolute atomic E-state index is 0.129. The average molecular weight is 572 g/mol. The van der Waals surface area contributed by atoms with Gasteiger partial charge < -0.3 is 21.3 Å². The van der Waals surface area contributed by atoms with Gasteiger partial charge in [-0.2, -0.15) is 0 Å². The molecule has 1 fully saturated rings. The van der Waals surface area contributed by atoms with E-state index in [4.69, 9.17) is 5.73 Å². The number of halogens is 1. The molecule has 7 nitrogen and oxygen atoms in total. The highest BCUT2D eigenvalue weighted by atomic mass is 32.1. The molecule has 0 bridgehead atoms. The second-order valence-corrected chi connectivity index (χ2v) is 11.1. The van der Waals surface area contributed by atoms with Crippen molar-refractivity contribution in [2.45, 2.75) is 26.1 Å². The third-order valence-electron chi connectivity index (χ3n) is 7.23. The van der Waals surface area contributed by atoms with Crippen molar-refractivity contribution in [2.24, 2.45) is 5.73 Å². The normalized spacial score (nSPS) is 13.7. The van der Waals surface area contributed by atoms with Gasteiger partial charge in [-0.15, -0.1) is 11.3 Å². The predicted molar refractivity (Wildman–Crippen MR) is 162 cm³/mol. The van der Waals surface area contributed by atoms with Crippen LogP contribution in [0.25, 0.3) is 0 Å². The van der Waals surface area contributed by atoms with Gasteiger partial charge in [-0.3, -0.25) is 14.5 Å². The van der Waals surface area contributed by atoms with Gasteiger partial charge in [-0.1, -0.05) is 48.5 Å². The summed E-state index contributed by atoms with van der Waals surface area (Å²) in [6.45, 7) is 4.37. The van der Waals surface area contributed by atoms with Crippen molar-refractivity contribution in [2.75, 3.05) is 36.4 Å². The Balaban J connectivity index is 1.27. The zero-order valence-electron chi connectivity index (χ0n) is 22.8. The summed E-state index contributed by atoms with van der Waals surface area (Å²) in [5.41, 5.74) is 10.3. The van der Waals surface area contributed by atoms with Crippen LogP contribution in [0.1, 0.15) is 31.9 Å². The molecule has 41 heavy (non-hydrogen) atoms. The summed E-state index contributed by atoms with van der Waals surface area (Å²) in [4.78, 5) is 31.3. The number of hydrogen-bond donors (Lipinski definition) is 3. The topological polar surface area (TPSA) is 90.7 Å². The molecule has 1 saturated heterocycles. The largest absolute Gasteiger partial charge is 0.367 e. The zero-order valence-corrected chi connectivity index (χ0v) is 23.6. The van der Waals surface area contributed by atoms with E-state index < -0.39 is 0 Å². The molecule has 4 aromatic rings. The fraction of sp³-hybridized carbons (Fsp3) is 0.250. The van der Waals surface area contributed by atoms with Crippen molar-refractivity contribution in [1.29, 1.82) is 0 Å². The first-order valence-corrected chi connectivity index (χ1v) is 14.6. The van der Waals surface area contributed by atoms with E-state index in [2.05, 4.69) is 20.4 Å². The molecule has 0 aliphatic carbocycles. The third kappa shape index (κ3) is 7.58. The molecule has 2 heterocycles. The van der Waals surface area contributed by atoms with Crippen molar-refractivity contribution in [3.8, 4) is 0 Å². The molecule has 0 saturated carbocycles. The molecule has 9 heteroatoms. The molecule has 212 valence electrons. The first-order valence-electron chi connectivity index (χ1n) is 13.7. The van der Waals surface area contributed by atoms with Crippen LogP contribution in [0.3, 0.4) is 0 Å². The van der Waals surface area contributed by atoms with Gasteiger partial charge >= 0.3 is 0 Å². The summed E-state index contributed by atoms with van der Waals surface area (Å²) < 4.78 is 14.3. The fourth-order valence-corrected chi connectivity index (χ4v) is 5.61. The van der Waals surface area contributed by atoms with Crippen molar-refractivity contribution < 1.29 is 14.0 Å². The molecule has 1 aromatic heterocycles. The highest BCUT2D eigenvalue weighted by Crippen LogP contribution is 2.24. The molecular formula is C32H34FN5O2S. The maximum atomic E-state index is 14.3. The van der Waals surface area contributed by atoms with Crippen LogP contribution in [-0.2, 0) is 30.8 Å². The molecule has 2 amide bonds. The Hall–Kier alpha value is -4.05. The van der Waals surface area contributed by atoms with E-state index in [9.17, 15) is 14.0 Å². The highest BCUT2D eigenvalue weighted by Gasteiger charge is 2.21. The van der Waals surface area contributed by atoms with Crippen LogP contribution in [0.5, 0.6) is 0 Å². The first-order chi connectivity index (χ1) is 20.0. The number of piperazine rings is 1. The number of nitrogens with zero attached hydrogens (tertiary/aromatic N) is 2. The van der Waals surface area contributed by atoms with Gasteiger partial charge in [-0.25, -0.2) is 4.39 Å². The number of para-hydroxylation sites is 1. The van der Waals surface area contributed by atoms with E-state index in [1.165, 1.54) is 17.4 Å². The minimum Gasteiger partial charge on any atom is -0.367 e. The molecule has 1 aliphatic rings. The number of anilines is 2. The lowest BCUT2D eigenvalue weighted by Crippen LogP contribution is -2.46. The van der Waals surface area contributed by atoms with E-state index >= 15 is 0 Å². The van der Waals surface area contributed by atoms with Crippen molar-refractivity contribution in [3.63, 3.8) is 0 Å². The van der Waals surface area contributed by atoms with Crippen molar-refractivity contribution in [3.05, 3.63) is 117 Å². The van der Waals surface area contributed by atoms with Gasteiger partial charge in [0.1, 0.15) is 5.82 Å². The molecule has 0 radical (unpaired) electrons. The Morgan fingerprint density at radius 1 is 0.902 bits per heavy atom. The van der Waals surface area contributed by atoms with Crippen LogP contribution in [0.15, 0.2) is 84.2 Å². The van der Waals surface area contributed by atoms with E-state index in [1.807, 2.05) is 60.0 Å². The minimum atomic E-state index is -0.216. The number of nitrogens with two attached hydrogens (primary N) is 1. The predicted octanol–water partition coefficient (Wildman–Crippen LogP) is 4.78. The second-order valence-electron chi connectivity index (χ2n) is 10.1. The summed E-state index contributed by atoms with van der Waals surface area (Å²) in [5, 5.41) is 7.97. The summed E-state index contributed by atoms with van der Waals surface area (Å²) in [7, 11) is 0. The number of nitrogens with one attached hydrogen (secondary N) is 2. The summed E-state index contributed by atoms with van der Waals surface area (Å²) in [6.07, 6.45) is 0.271. The lowest BCUT2D eigenvalue weighted by Gasteiger charge is -2.36. The maximum absolute atomic E-state index is 14.3. The highest BCUT2D eigenvalue weighted by molar-refractivity contribution is 7.10. The quantitative estimate of drug-likeness (QED) is 0.255. The lowest BCUT2D eigenvalue weighted by atomic mass is 10.1. The first kappa shape index (κ1) is 28.5. The molecule has 0 spiro atoms. The summed E-state index contributed by atoms with van der Waals surface area (Å²) in [6, 6.07) is 24.0. The molecular weight excluding hydrogens is 537 g/mol. The third-order valence-corrected chi connectivity index (χ3v) is 8.11. The smallest absolute Gasteiger partial charge is 0.251 e. The van der Waals surface area contributed by atoms with Crippen LogP contribution < -0.4 is 21.3 Å². The zero-order chi connectivity index (χ0) is 28.6. The van der Waals surface area contributed by atoms with E-state index in [0.717, 1.165) is 34.7 Å². The number of hydrogen-bond acceptors (Lipinski definition) is 6. The number of benzene rings is 3. The Kier molecular flexibility index (Phi) is 9.40. The number of carbonyl (C=O) groups excluding carboxylic acids is 2. The van der Waals surface area contributed by atoms with Crippen LogP contribution >= 0.6 is 11.3 Å². The Labute approximate surface area is 243 Å². The van der Waals surface area contributed by atoms with Crippen molar-refractivity contribution in [1.82, 2.24) is 10.2 Å². The fourth-order valence-electron chi connectivity index (χ4n) is 4.91. The molecule has 0 unspecified atom stereocenters.